The van der Waals surface area contributed by atoms with E-state index in [0.29, 0.717) is 11.1 Å². The van der Waals surface area contributed by atoms with Crippen LogP contribution in [0.2, 0.25) is 0 Å². The van der Waals surface area contributed by atoms with Gasteiger partial charge >= 0.3 is 11.9 Å². The van der Waals surface area contributed by atoms with Crippen LogP contribution in [0.4, 0.5) is 4.39 Å². The highest BCUT2D eigenvalue weighted by molar-refractivity contribution is 5.76. The number of hydrogen-bond acceptors (Lipinski definition) is 3. The molecule has 0 amide bonds. The van der Waals surface area contributed by atoms with Crippen molar-refractivity contribution >= 4 is 11.9 Å². The fourth-order valence-corrected chi connectivity index (χ4v) is 1.80. The maximum absolute atomic E-state index is 13.1. The zero-order valence-electron chi connectivity index (χ0n) is 10.5. The molecular formula is C13H16FNO4. The lowest BCUT2D eigenvalue weighted by Gasteiger charge is -2.15. The third-order valence-corrected chi connectivity index (χ3v) is 2.91. The molecule has 0 bridgehead atoms. The van der Waals surface area contributed by atoms with Gasteiger partial charge in [-0.25, -0.2) is 4.39 Å². The lowest BCUT2D eigenvalue weighted by molar-refractivity contribution is -0.143. The Hall–Kier alpha value is -1.95. The van der Waals surface area contributed by atoms with Gasteiger partial charge in [0.15, 0.2) is 0 Å². The fourth-order valence-electron chi connectivity index (χ4n) is 1.80. The number of carbonyl (C=O) groups is 2. The molecule has 0 saturated heterocycles. The summed E-state index contributed by atoms with van der Waals surface area (Å²) >= 11 is 0. The number of rotatable bonds is 6. The number of benzene rings is 1. The second-order valence-corrected chi connectivity index (χ2v) is 4.50. The van der Waals surface area contributed by atoms with E-state index in [1.54, 1.807) is 13.0 Å². The SMILES string of the molecule is Cc1cc(CC(CC(N)C(=O)O)C(=O)O)ccc1F. The minimum absolute atomic E-state index is 0.122. The molecule has 104 valence electrons. The first-order chi connectivity index (χ1) is 8.81. The molecule has 0 heterocycles. The molecule has 19 heavy (non-hydrogen) atoms. The van der Waals surface area contributed by atoms with Crippen LogP contribution in [0, 0.1) is 18.7 Å². The van der Waals surface area contributed by atoms with Gasteiger partial charge in [0.2, 0.25) is 0 Å². The van der Waals surface area contributed by atoms with Crippen LogP contribution >= 0.6 is 0 Å². The van der Waals surface area contributed by atoms with E-state index in [1.807, 2.05) is 0 Å². The summed E-state index contributed by atoms with van der Waals surface area (Å²) in [5.74, 6) is -3.62. The van der Waals surface area contributed by atoms with Crippen LogP contribution in [0.15, 0.2) is 18.2 Å². The summed E-state index contributed by atoms with van der Waals surface area (Å²) in [7, 11) is 0. The summed E-state index contributed by atoms with van der Waals surface area (Å²) in [6.45, 7) is 1.58. The van der Waals surface area contributed by atoms with Crippen LogP contribution in [-0.4, -0.2) is 28.2 Å². The van der Waals surface area contributed by atoms with Gasteiger partial charge in [-0.1, -0.05) is 12.1 Å². The van der Waals surface area contributed by atoms with E-state index in [2.05, 4.69) is 0 Å². The Morgan fingerprint density at radius 3 is 2.42 bits per heavy atom. The molecule has 0 aliphatic rings. The topological polar surface area (TPSA) is 101 Å². The molecule has 2 unspecified atom stereocenters. The number of carboxylic acids is 2. The molecular weight excluding hydrogens is 253 g/mol. The molecule has 0 aliphatic carbocycles. The predicted molar refractivity (Wildman–Crippen MR) is 66.2 cm³/mol. The van der Waals surface area contributed by atoms with Crippen molar-refractivity contribution in [3.05, 3.63) is 35.1 Å². The van der Waals surface area contributed by atoms with Crippen molar-refractivity contribution in [2.75, 3.05) is 0 Å². The summed E-state index contributed by atoms with van der Waals surface area (Å²) in [6, 6.07) is 3.09. The molecule has 5 nitrogen and oxygen atoms in total. The Balaban J connectivity index is 2.81. The summed E-state index contributed by atoms with van der Waals surface area (Å²) in [6.07, 6.45) is -0.0431. The van der Waals surface area contributed by atoms with Crippen molar-refractivity contribution in [3.63, 3.8) is 0 Å². The number of nitrogens with two attached hydrogens (primary N) is 1. The third-order valence-electron chi connectivity index (χ3n) is 2.91. The Labute approximate surface area is 109 Å². The number of hydrogen-bond donors (Lipinski definition) is 3. The second kappa shape index (κ2) is 6.29. The highest BCUT2D eigenvalue weighted by atomic mass is 19.1. The van der Waals surface area contributed by atoms with Crippen molar-refractivity contribution in [2.45, 2.75) is 25.8 Å². The number of aryl methyl sites for hydroxylation is 1. The quantitative estimate of drug-likeness (QED) is 0.720. The summed E-state index contributed by atoms with van der Waals surface area (Å²) in [5.41, 5.74) is 6.40. The average Bonchev–Trinajstić information content (AvgIpc) is 2.32. The van der Waals surface area contributed by atoms with Crippen molar-refractivity contribution in [3.8, 4) is 0 Å². The normalized spacial score (nSPS) is 13.8. The fraction of sp³-hybridized carbons (Fsp3) is 0.385. The van der Waals surface area contributed by atoms with E-state index in [-0.39, 0.29) is 18.7 Å². The molecule has 4 N–H and O–H groups in total. The van der Waals surface area contributed by atoms with Gasteiger partial charge in [-0.15, -0.1) is 0 Å². The lowest BCUT2D eigenvalue weighted by Crippen LogP contribution is -2.35. The first kappa shape index (κ1) is 15.1. The highest BCUT2D eigenvalue weighted by Gasteiger charge is 2.24. The van der Waals surface area contributed by atoms with Gasteiger partial charge in [0.25, 0.3) is 0 Å². The molecule has 0 radical (unpaired) electrons. The van der Waals surface area contributed by atoms with Crippen LogP contribution < -0.4 is 5.73 Å². The first-order valence-corrected chi connectivity index (χ1v) is 5.77. The van der Waals surface area contributed by atoms with Crippen molar-refractivity contribution in [1.82, 2.24) is 0 Å². The Morgan fingerprint density at radius 1 is 1.32 bits per heavy atom. The summed E-state index contributed by atoms with van der Waals surface area (Å²) in [4.78, 5) is 21.7. The van der Waals surface area contributed by atoms with E-state index >= 15 is 0 Å². The van der Waals surface area contributed by atoms with Crippen LogP contribution in [0.5, 0.6) is 0 Å². The highest BCUT2D eigenvalue weighted by Crippen LogP contribution is 2.17. The van der Waals surface area contributed by atoms with Gasteiger partial charge in [0, 0.05) is 0 Å². The average molecular weight is 269 g/mol. The molecule has 1 aromatic rings. The third kappa shape index (κ3) is 4.33. The van der Waals surface area contributed by atoms with Gasteiger partial charge in [-0.3, -0.25) is 9.59 Å². The number of carboxylic acid groups (broad SMARTS) is 2. The molecule has 0 aliphatic heterocycles. The molecule has 2 atom stereocenters. The molecule has 1 rings (SSSR count). The van der Waals surface area contributed by atoms with Crippen molar-refractivity contribution < 1.29 is 24.2 Å². The van der Waals surface area contributed by atoms with Gasteiger partial charge in [-0.05, 0) is 37.0 Å². The molecule has 0 fully saturated rings. The number of halogens is 1. The molecule has 1 aromatic carbocycles. The van der Waals surface area contributed by atoms with Gasteiger partial charge in [-0.2, -0.15) is 0 Å². The Bertz CT molecular complexity index is 490. The van der Waals surface area contributed by atoms with Crippen molar-refractivity contribution in [2.24, 2.45) is 11.7 Å². The lowest BCUT2D eigenvalue weighted by atomic mass is 9.92. The van der Waals surface area contributed by atoms with Crippen LogP contribution in [0.1, 0.15) is 17.5 Å². The molecule has 0 saturated carbocycles. The van der Waals surface area contributed by atoms with E-state index in [1.165, 1.54) is 12.1 Å². The van der Waals surface area contributed by atoms with Crippen LogP contribution in [-0.2, 0) is 16.0 Å². The minimum Gasteiger partial charge on any atom is -0.481 e. The minimum atomic E-state index is -1.23. The maximum atomic E-state index is 13.1. The Morgan fingerprint density at radius 2 is 1.95 bits per heavy atom. The summed E-state index contributed by atoms with van der Waals surface area (Å²) in [5, 5.41) is 17.8. The second-order valence-electron chi connectivity index (χ2n) is 4.50. The molecule has 6 heteroatoms. The summed E-state index contributed by atoms with van der Waals surface area (Å²) < 4.78 is 13.1. The smallest absolute Gasteiger partial charge is 0.320 e. The van der Waals surface area contributed by atoms with E-state index in [9.17, 15) is 14.0 Å². The monoisotopic (exact) mass is 269 g/mol. The number of aliphatic carboxylic acids is 2. The van der Waals surface area contributed by atoms with Crippen LogP contribution in [0.3, 0.4) is 0 Å². The van der Waals surface area contributed by atoms with E-state index in [0.717, 1.165) is 0 Å². The van der Waals surface area contributed by atoms with Gasteiger partial charge in [0.1, 0.15) is 11.9 Å². The molecule has 0 spiro atoms. The van der Waals surface area contributed by atoms with E-state index < -0.39 is 23.9 Å². The first-order valence-electron chi connectivity index (χ1n) is 5.77. The molecule has 0 aromatic heterocycles. The van der Waals surface area contributed by atoms with Crippen LogP contribution in [0.25, 0.3) is 0 Å². The maximum Gasteiger partial charge on any atom is 0.320 e. The largest absolute Gasteiger partial charge is 0.481 e. The predicted octanol–water partition coefficient (Wildman–Crippen LogP) is 1.18. The standard InChI is InChI=1S/C13H16FNO4/c1-7-4-8(2-3-10(7)14)5-9(12(16)17)6-11(15)13(18)19/h2-4,9,11H,5-6,15H2,1H3,(H,16,17)(H,18,19). The van der Waals surface area contributed by atoms with Gasteiger partial charge in [0.05, 0.1) is 5.92 Å². The van der Waals surface area contributed by atoms with Gasteiger partial charge < -0.3 is 15.9 Å². The zero-order chi connectivity index (χ0) is 14.6. The zero-order valence-corrected chi connectivity index (χ0v) is 10.5. The Kier molecular flexibility index (Phi) is 5.00. The van der Waals surface area contributed by atoms with E-state index in [4.69, 9.17) is 15.9 Å². The van der Waals surface area contributed by atoms with Crippen molar-refractivity contribution in [1.29, 1.82) is 0 Å².